The SMILES string of the molecule is COc1ccc(NC(=S)NC2(c3cccc(C)c3)CCCC2)cc1Cl. The summed E-state index contributed by atoms with van der Waals surface area (Å²) in [7, 11) is 1.60. The summed E-state index contributed by atoms with van der Waals surface area (Å²) in [4.78, 5) is 0. The van der Waals surface area contributed by atoms with Gasteiger partial charge in [0, 0.05) is 5.69 Å². The average molecular weight is 375 g/mol. The Hall–Kier alpha value is -1.78. The minimum absolute atomic E-state index is 0.0909. The number of hydrogen-bond donors (Lipinski definition) is 2. The van der Waals surface area contributed by atoms with Gasteiger partial charge in [-0.1, -0.05) is 54.3 Å². The number of thiocarbonyl (C=S) groups is 1. The van der Waals surface area contributed by atoms with Crippen LogP contribution in [0, 0.1) is 6.92 Å². The van der Waals surface area contributed by atoms with Crippen LogP contribution in [0.1, 0.15) is 36.8 Å². The van der Waals surface area contributed by atoms with E-state index in [-0.39, 0.29) is 5.54 Å². The van der Waals surface area contributed by atoms with Crippen molar-refractivity contribution in [1.82, 2.24) is 5.32 Å². The van der Waals surface area contributed by atoms with E-state index in [9.17, 15) is 0 Å². The van der Waals surface area contributed by atoms with Gasteiger partial charge in [0.25, 0.3) is 0 Å². The predicted octanol–water partition coefficient (Wildman–Crippen LogP) is 5.41. The maximum Gasteiger partial charge on any atom is 0.171 e. The van der Waals surface area contributed by atoms with Crippen molar-refractivity contribution in [3.05, 3.63) is 58.6 Å². The van der Waals surface area contributed by atoms with Crippen LogP contribution >= 0.6 is 23.8 Å². The summed E-state index contributed by atoms with van der Waals surface area (Å²) < 4.78 is 5.19. The van der Waals surface area contributed by atoms with Crippen LogP contribution in [-0.4, -0.2) is 12.2 Å². The first-order valence-corrected chi connectivity index (χ1v) is 9.31. The Bertz CT molecular complexity index is 772. The molecule has 0 saturated heterocycles. The largest absolute Gasteiger partial charge is 0.495 e. The molecule has 0 bridgehead atoms. The third-order valence-electron chi connectivity index (χ3n) is 4.79. The van der Waals surface area contributed by atoms with E-state index in [4.69, 9.17) is 28.6 Å². The molecule has 2 aromatic rings. The summed E-state index contributed by atoms with van der Waals surface area (Å²) in [6.07, 6.45) is 4.58. The number of nitrogens with one attached hydrogen (secondary N) is 2. The van der Waals surface area contributed by atoms with E-state index in [0.717, 1.165) is 18.5 Å². The highest BCUT2D eigenvalue weighted by molar-refractivity contribution is 7.80. The van der Waals surface area contributed by atoms with E-state index >= 15 is 0 Å². The zero-order chi connectivity index (χ0) is 17.9. The smallest absolute Gasteiger partial charge is 0.171 e. The highest BCUT2D eigenvalue weighted by atomic mass is 35.5. The second kappa shape index (κ2) is 7.63. The van der Waals surface area contributed by atoms with Gasteiger partial charge in [-0.25, -0.2) is 0 Å². The normalized spacial score (nSPS) is 15.6. The molecule has 0 radical (unpaired) electrons. The lowest BCUT2D eigenvalue weighted by molar-refractivity contribution is 0.408. The molecule has 0 aliphatic heterocycles. The van der Waals surface area contributed by atoms with E-state index in [1.54, 1.807) is 7.11 Å². The van der Waals surface area contributed by atoms with Gasteiger partial charge in [0.2, 0.25) is 0 Å². The fourth-order valence-electron chi connectivity index (χ4n) is 3.53. The molecule has 0 amide bonds. The molecule has 1 fully saturated rings. The van der Waals surface area contributed by atoms with Crippen LogP contribution in [0.2, 0.25) is 5.02 Å². The lowest BCUT2D eigenvalue weighted by Crippen LogP contribution is -2.45. The number of anilines is 1. The molecule has 5 heteroatoms. The molecular formula is C20H23ClN2OS. The van der Waals surface area contributed by atoms with Crippen LogP contribution in [-0.2, 0) is 5.54 Å². The van der Waals surface area contributed by atoms with Gasteiger partial charge in [-0.05, 0) is 55.7 Å². The minimum Gasteiger partial charge on any atom is -0.495 e. The number of aryl methyl sites for hydroxylation is 1. The van der Waals surface area contributed by atoms with Crippen molar-refractivity contribution in [3.63, 3.8) is 0 Å². The molecule has 0 aromatic heterocycles. The van der Waals surface area contributed by atoms with Gasteiger partial charge in [0.15, 0.2) is 5.11 Å². The summed E-state index contributed by atoms with van der Waals surface area (Å²) in [5, 5.41) is 8.00. The molecule has 3 rings (SSSR count). The van der Waals surface area contributed by atoms with Crippen molar-refractivity contribution >= 4 is 34.6 Å². The lowest BCUT2D eigenvalue weighted by Gasteiger charge is -2.33. The van der Waals surface area contributed by atoms with Crippen molar-refractivity contribution in [1.29, 1.82) is 0 Å². The lowest BCUT2D eigenvalue weighted by atomic mass is 9.87. The fraction of sp³-hybridized carbons (Fsp3) is 0.350. The first kappa shape index (κ1) is 18.0. The molecule has 0 heterocycles. The topological polar surface area (TPSA) is 33.3 Å². The van der Waals surface area contributed by atoms with Crippen molar-refractivity contribution in [3.8, 4) is 5.75 Å². The quantitative estimate of drug-likeness (QED) is 0.701. The molecule has 1 saturated carbocycles. The molecule has 25 heavy (non-hydrogen) atoms. The van der Waals surface area contributed by atoms with Gasteiger partial charge >= 0.3 is 0 Å². The van der Waals surface area contributed by atoms with Gasteiger partial charge < -0.3 is 15.4 Å². The first-order valence-electron chi connectivity index (χ1n) is 8.52. The first-order chi connectivity index (χ1) is 12.0. The van der Waals surface area contributed by atoms with Crippen molar-refractivity contribution in [2.75, 3.05) is 12.4 Å². The van der Waals surface area contributed by atoms with Gasteiger partial charge in [-0.3, -0.25) is 0 Å². The highest BCUT2D eigenvalue weighted by Crippen LogP contribution is 2.39. The Morgan fingerprint density at radius 1 is 1.16 bits per heavy atom. The number of hydrogen-bond acceptors (Lipinski definition) is 2. The van der Waals surface area contributed by atoms with Crippen LogP contribution in [0.15, 0.2) is 42.5 Å². The summed E-state index contributed by atoms with van der Waals surface area (Å²) in [6.45, 7) is 2.13. The van der Waals surface area contributed by atoms with Crippen molar-refractivity contribution in [2.45, 2.75) is 38.1 Å². The Morgan fingerprint density at radius 3 is 2.56 bits per heavy atom. The molecule has 2 aromatic carbocycles. The van der Waals surface area contributed by atoms with Crippen molar-refractivity contribution < 1.29 is 4.74 Å². The Labute approximate surface area is 159 Å². The van der Waals surface area contributed by atoms with Gasteiger partial charge in [-0.2, -0.15) is 0 Å². The standard InChI is InChI=1S/C20H23ClN2OS/c1-14-6-5-7-15(12-14)20(10-3-4-11-20)23-19(25)22-16-8-9-18(24-2)17(21)13-16/h5-9,12-13H,3-4,10-11H2,1-2H3,(H2,22,23,25). The third-order valence-corrected chi connectivity index (χ3v) is 5.29. The van der Waals surface area contributed by atoms with E-state index in [2.05, 4.69) is 41.8 Å². The number of ether oxygens (including phenoxy) is 1. The molecule has 1 aliphatic rings. The molecule has 3 nitrogen and oxygen atoms in total. The highest BCUT2D eigenvalue weighted by Gasteiger charge is 2.36. The van der Waals surface area contributed by atoms with Crippen LogP contribution in [0.3, 0.4) is 0 Å². The number of halogens is 1. The second-order valence-corrected chi connectivity index (χ2v) is 7.40. The summed E-state index contributed by atoms with van der Waals surface area (Å²) in [6, 6.07) is 14.3. The zero-order valence-corrected chi connectivity index (χ0v) is 16.1. The fourth-order valence-corrected chi connectivity index (χ4v) is 4.10. The third kappa shape index (κ3) is 4.07. The van der Waals surface area contributed by atoms with E-state index in [1.807, 2.05) is 18.2 Å². The Balaban J connectivity index is 1.76. The number of benzene rings is 2. The molecule has 0 unspecified atom stereocenters. The van der Waals surface area contributed by atoms with E-state index in [1.165, 1.54) is 24.0 Å². The molecule has 1 aliphatic carbocycles. The maximum absolute atomic E-state index is 6.20. The summed E-state index contributed by atoms with van der Waals surface area (Å²) in [5.41, 5.74) is 3.33. The molecule has 0 atom stereocenters. The van der Waals surface area contributed by atoms with E-state index in [0.29, 0.717) is 15.9 Å². The van der Waals surface area contributed by atoms with Crippen LogP contribution in [0.4, 0.5) is 5.69 Å². The maximum atomic E-state index is 6.20. The predicted molar refractivity (Wildman–Crippen MR) is 109 cm³/mol. The van der Waals surface area contributed by atoms with Crippen LogP contribution < -0.4 is 15.4 Å². The molecule has 132 valence electrons. The summed E-state index contributed by atoms with van der Waals surface area (Å²) >= 11 is 11.8. The monoisotopic (exact) mass is 374 g/mol. The van der Waals surface area contributed by atoms with E-state index < -0.39 is 0 Å². The average Bonchev–Trinajstić information content (AvgIpc) is 3.04. The zero-order valence-electron chi connectivity index (χ0n) is 14.6. The van der Waals surface area contributed by atoms with Gasteiger partial charge in [-0.15, -0.1) is 0 Å². The van der Waals surface area contributed by atoms with Gasteiger partial charge in [0.1, 0.15) is 5.75 Å². The molecule has 2 N–H and O–H groups in total. The minimum atomic E-state index is -0.0909. The Kier molecular flexibility index (Phi) is 5.50. The van der Waals surface area contributed by atoms with Crippen LogP contribution in [0.5, 0.6) is 5.75 Å². The molecule has 0 spiro atoms. The summed E-state index contributed by atoms with van der Waals surface area (Å²) in [5.74, 6) is 0.651. The Morgan fingerprint density at radius 2 is 1.92 bits per heavy atom. The van der Waals surface area contributed by atoms with Crippen molar-refractivity contribution in [2.24, 2.45) is 0 Å². The number of methoxy groups -OCH3 is 1. The second-order valence-electron chi connectivity index (χ2n) is 6.59. The van der Waals surface area contributed by atoms with Crippen LogP contribution in [0.25, 0.3) is 0 Å². The molecular weight excluding hydrogens is 352 g/mol. The number of rotatable bonds is 4. The van der Waals surface area contributed by atoms with Gasteiger partial charge in [0.05, 0.1) is 17.7 Å².